The molecular formula is C23H20ClFN2. The number of benzene rings is 2. The predicted octanol–water partition coefficient (Wildman–Crippen LogP) is 5.84. The number of halogens is 2. The molecule has 0 amide bonds. The van der Waals surface area contributed by atoms with Crippen molar-refractivity contribution in [3.8, 4) is 0 Å². The Kier molecular flexibility index (Phi) is 4.71. The molecule has 0 radical (unpaired) electrons. The zero-order valence-corrected chi connectivity index (χ0v) is 16.1. The van der Waals surface area contributed by atoms with E-state index in [1.807, 2.05) is 37.4 Å². The molecule has 0 saturated heterocycles. The molecule has 0 N–H and O–H groups in total. The van der Waals surface area contributed by atoms with Crippen LogP contribution in [0.5, 0.6) is 0 Å². The quantitative estimate of drug-likeness (QED) is 0.641. The zero-order valence-electron chi connectivity index (χ0n) is 15.3. The van der Waals surface area contributed by atoms with Gasteiger partial charge in [-0.3, -0.25) is 4.99 Å². The van der Waals surface area contributed by atoms with Crippen LogP contribution in [0.2, 0.25) is 5.02 Å². The van der Waals surface area contributed by atoms with E-state index in [4.69, 9.17) is 16.6 Å². The highest BCUT2D eigenvalue weighted by molar-refractivity contribution is 6.30. The Balaban J connectivity index is 1.92. The Hall–Kier alpha value is -2.65. The predicted molar refractivity (Wildman–Crippen MR) is 111 cm³/mol. The van der Waals surface area contributed by atoms with E-state index in [0.29, 0.717) is 11.6 Å². The van der Waals surface area contributed by atoms with Gasteiger partial charge in [-0.2, -0.15) is 0 Å². The summed E-state index contributed by atoms with van der Waals surface area (Å²) < 4.78 is 14.1. The molecule has 0 aliphatic carbocycles. The lowest BCUT2D eigenvalue weighted by Gasteiger charge is -2.25. The van der Waals surface area contributed by atoms with Crippen molar-refractivity contribution in [1.29, 1.82) is 0 Å². The second kappa shape index (κ2) is 7.16. The van der Waals surface area contributed by atoms with Crippen molar-refractivity contribution in [2.75, 3.05) is 13.6 Å². The average Bonchev–Trinajstić information content (AvgIpc) is 2.80. The molecule has 2 aliphatic rings. The Morgan fingerprint density at radius 2 is 1.93 bits per heavy atom. The van der Waals surface area contributed by atoms with Gasteiger partial charge in [0.05, 0.1) is 12.3 Å². The lowest BCUT2D eigenvalue weighted by atomic mass is 9.90. The van der Waals surface area contributed by atoms with Crippen LogP contribution in [0.1, 0.15) is 30.0 Å². The standard InChI is InChI=1S/C23H20ClFN2/c1-3-4-19-11-16-13-26-23(15-5-7-17(24)8-6-15)21-12-18(25)9-10-20(21)22(16)14-27(19)2/h4-12,14H,3,13H2,1-2H3/b19-4-. The van der Waals surface area contributed by atoms with Crippen LogP contribution >= 0.6 is 11.6 Å². The Bertz CT molecular complexity index is 1010. The number of likely N-dealkylation sites (N-methyl/N-ethyl adjacent to an activating group) is 1. The summed E-state index contributed by atoms with van der Waals surface area (Å²) in [6.07, 6.45) is 7.46. The molecule has 0 spiro atoms. The largest absolute Gasteiger partial charge is 0.351 e. The summed E-state index contributed by atoms with van der Waals surface area (Å²) in [5.41, 5.74) is 6.92. The van der Waals surface area contributed by atoms with Crippen molar-refractivity contribution in [1.82, 2.24) is 4.90 Å². The SMILES string of the molecule is CC/C=C1/C=C2CN=C(c3ccc(Cl)cc3)c3cc(F)ccc3C2=CN1C. The number of nitrogens with zero attached hydrogens (tertiary/aromatic N) is 2. The first-order valence-electron chi connectivity index (χ1n) is 9.03. The molecule has 0 unspecified atom stereocenters. The maximum atomic E-state index is 14.1. The zero-order chi connectivity index (χ0) is 19.0. The van der Waals surface area contributed by atoms with Crippen molar-refractivity contribution in [3.05, 3.63) is 99.6 Å². The van der Waals surface area contributed by atoms with Gasteiger partial charge in [0, 0.05) is 40.7 Å². The number of rotatable bonds is 2. The number of aliphatic imine (C=N–C) groups is 1. The summed E-state index contributed by atoms with van der Waals surface area (Å²) >= 11 is 6.04. The molecule has 0 bridgehead atoms. The second-order valence-corrected chi connectivity index (χ2v) is 7.16. The van der Waals surface area contributed by atoms with Crippen molar-refractivity contribution in [2.45, 2.75) is 13.3 Å². The third kappa shape index (κ3) is 3.35. The van der Waals surface area contributed by atoms with Crippen LogP contribution in [0.3, 0.4) is 0 Å². The van der Waals surface area contributed by atoms with Crippen LogP contribution in [0.4, 0.5) is 4.39 Å². The van der Waals surface area contributed by atoms with Crippen LogP contribution in [-0.2, 0) is 0 Å². The molecule has 2 heterocycles. The third-order valence-corrected chi connectivity index (χ3v) is 5.12. The highest BCUT2D eigenvalue weighted by Crippen LogP contribution is 2.36. The molecule has 4 rings (SSSR count). The fraction of sp³-hybridized carbons (Fsp3) is 0.174. The van der Waals surface area contributed by atoms with E-state index < -0.39 is 0 Å². The first-order valence-corrected chi connectivity index (χ1v) is 9.41. The van der Waals surface area contributed by atoms with Crippen LogP contribution < -0.4 is 0 Å². The lowest BCUT2D eigenvalue weighted by molar-refractivity contribution is 0.580. The maximum Gasteiger partial charge on any atom is 0.123 e. The molecular weight excluding hydrogens is 359 g/mol. The first-order chi connectivity index (χ1) is 13.1. The Morgan fingerprint density at radius 1 is 1.15 bits per heavy atom. The van der Waals surface area contributed by atoms with E-state index in [1.165, 1.54) is 6.07 Å². The lowest BCUT2D eigenvalue weighted by Crippen LogP contribution is -2.15. The summed E-state index contributed by atoms with van der Waals surface area (Å²) in [6, 6.07) is 12.5. The molecule has 0 atom stereocenters. The monoisotopic (exact) mass is 378 g/mol. The van der Waals surface area contributed by atoms with Crippen LogP contribution in [0, 0.1) is 5.82 Å². The third-order valence-electron chi connectivity index (χ3n) is 4.86. The van der Waals surface area contributed by atoms with E-state index in [1.54, 1.807) is 6.07 Å². The van der Waals surface area contributed by atoms with Crippen molar-refractivity contribution >= 4 is 22.9 Å². The van der Waals surface area contributed by atoms with Gasteiger partial charge >= 0.3 is 0 Å². The summed E-state index contributed by atoms with van der Waals surface area (Å²) in [6.45, 7) is 2.68. The minimum Gasteiger partial charge on any atom is -0.351 e. The summed E-state index contributed by atoms with van der Waals surface area (Å²) in [7, 11) is 2.04. The highest BCUT2D eigenvalue weighted by Gasteiger charge is 2.24. The fourth-order valence-electron chi connectivity index (χ4n) is 3.55. The first kappa shape index (κ1) is 17.7. The van der Waals surface area contributed by atoms with Gasteiger partial charge in [-0.25, -0.2) is 4.39 Å². The minimum atomic E-state index is -0.265. The molecule has 2 aliphatic heterocycles. The van der Waals surface area contributed by atoms with E-state index in [2.05, 4.69) is 30.2 Å². The van der Waals surface area contributed by atoms with Gasteiger partial charge in [0.2, 0.25) is 0 Å². The molecule has 0 saturated carbocycles. The molecule has 0 aromatic heterocycles. The molecule has 4 heteroatoms. The summed E-state index contributed by atoms with van der Waals surface area (Å²) in [5.74, 6) is -0.265. The molecule has 2 aromatic rings. The van der Waals surface area contributed by atoms with Crippen LogP contribution in [-0.4, -0.2) is 24.2 Å². The number of fused-ring (bicyclic) bond motifs is 3. The second-order valence-electron chi connectivity index (χ2n) is 6.72. The highest BCUT2D eigenvalue weighted by atomic mass is 35.5. The maximum absolute atomic E-state index is 14.1. The van der Waals surface area contributed by atoms with E-state index in [0.717, 1.165) is 45.7 Å². The molecule has 27 heavy (non-hydrogen) atoms. The average molecular weight is 379 g/mol. The van der Waals surface area contributed by atoms with Gasteiger partial charge in [-0.1, -0.05) is 42.8 Å². The van der Waals surface area contributed by atoms with Gasteiger partial charge in [-0.05, 0) is 47.9 Å². The van der Waals surface area contributed by atoms with Crippen LogP contribution in [0.25, 0.3) is 5.57 Å². The van der Waals surface area contributed by atoms with Crippen molar-refractivity contribution in [2.24, 2.45) is 4.99 Å². The molecule has 2 aromatic carbocycles. The summed E-state index contributed by atoms with van der Waals surface area (Å²) in [4.78, 5) is 6.98. The number of hydrogen-bond donors (Lipinski definition) is 0. The van der Waals surface area contributed by atoms with Gasteiger partial charge in [0.15, 0.2) is 0 Å². The van der Waals surface area contributed by atoms with Crippen molar-refractivity contribution < 1.29 is 4.39 Å². The topological polar surface area (TPSA) is 15.6 Å². The van der Waals surface area contributed by atoms with E-state index in [9.17, 15) is 4.39 Å². The van der Waals surface area contributed by atoms with Gasteiger partial charge in [0.25, 0.3) is 0 Å². The Morgan fingerprint density at radius 3 is 2.67 bits per heavy atom. The van der Waals surface area contributed by atoms with Crippen molar-refractivity contribution in [3.63, 3.8) is 0 Å². The fourth-order valence-corrected chi connectivity index (χ4v) is 3.67. The van der Waals surface area contributed by atoms with E-state index in [-0.39, 0.29) is 5.82 Å². The van der Waals surface area contributed by atoms with E-state index >= 15 is 0 Å². The van der Waals surface area contributed by atoms with Gasteiger partial charge in [-0.15, -0.1) is 0 Å². The molecule has 2 nitrogen and oxygen atoms in total. The van der Waals surface area contributed by atoms with Crippen LogP contribution in [0.15, 0.2) is 77.1 Å². The van der Waals surface area contributed by atoms with Gasteiger partial charge in [0.1, 0.15) is 5.82 Å². The number of hydrogen-bond acceptors (Lipinski definition) is 2. The minimum absolute atomic E-state index is 0.265. The molecule has 0 fully saturated rings. The smallest absolute Gasteiger partial charge is 0.123 e. The summed E-state index contributed by atoms with van der Waals surface area (Å²) in [5, 5.41) is 0.669. The molecule has 136 valence electrons. The number of allylic oxidation sites excluding steroid dienone is 2. The van der Waals surface area contributed by atoms with Gasteiger partial charge < -0.3 is 4.90 Å². The Labute approximate surface area is 164 Å². The normalized spacial score (nSPS) is 17.6.